The molecule has 0 aromatic heterocycles. The van der Waals surface area contributed by atoms with E-state index in [0.29, 0.717) is 25.1 Å². The minimum atomic E-state index is -0.313. The second-order valence-electron chi connectivity index (χ2n) is 2.64. The number of aliphatic imine (C=N–C) groups is 1. The molecule has 1 aliphatic heterocycles. The van der Waals surface area contributed by atoms with Gasteiger partial charge in [-0.05, 0) is 6.08 Å². The fraction of sp³-hybridized carbons (Fsp3) is 0.556. The molecule has 0 saturated carbocycles. The zero-order valence-corrected chi connectivity index (χ0v) is 7.87. The molecule has 0 spiro atoms. The van der Waals surface area contributed by atoms with Gasteiger partial charge in [-0.15, -0.1) is 0 Å². The van der Waals surface area contributed by atoms with Gasteiger partial charge < -0.3 is 9.47 Å². The second kappa shape index (κ2) is 4.77. The van der Waals surface area contributed by atoms with Gasteiger partial charge in [-0.3, -0.25) is 4.99 Å². The lowest BCUT2D eigenvalue weighted by molar-refractivity contribution is -0.135. The smallest absolute Gasteiger partial charge is 0.339 e. The highest BCUT2D eigenvalue weighted by Crippen LogP contribution is 2.11. The van der Waals surface area contributed by atoms with Crippen molar-refractivity contribution in [3.8, 4) is 0 Å². The van der Waals surface area contributed by atoms with Crippen LogP contribution < -0.4 is 0 Å². The molecule has 0 N–H and O–H groups in total. The Morgan fingerprint density at radius 3 is 3.00 bits per heavy atom. The summed E-state index contributed by atoms with van der Waals surface area (Å²) in [5.41, 5.74) is 1.37. The highest BCUT2D eigenvalue weighted by atomic mass is 16.5. The first-order valence-corrected chi connectivity index (χ1v) is 4.10. The monoisotopic (exact) mass is 183 g/mol. The summed E-state index contributed by atoms with van der Waals surface area (Å²) in [7, 11) is 2.99. The Morgan fingerprint density at radius 2 is 2.38 bits per heavy atom. The van der Waals surface area contributed by atoms with Gasteiger partial charge in [0, 0.05) is 13.5 Å². The highest BCUT2D eigenvalue weighted by molar-refractivity contribution is 6.20. The van der Waals surface area contributed by atoms with Crippen LogP contribution in [0, 0.1) is 0 Å². The van der Waals surface area contributed by atoms with E-state index in [1.807, 2.05) is 0 Å². The van der Waals surface area contributed by atoms with Gasteiger partial charge in [-0.1, -0.05) is 0 Å². The largest absolute Gasteiger partial charge is 0.465 e. The van der Waals surface area contributed by atoms with E-state index >= 15 is 0 Å². The fourth-order valence-corrected chi connectivity index (χ4v) is 1.17. The van der Waals surface area contributed by atoms with Crippen LogP contribution in [0.4, 0.5) is 0 Å². The lowest BCUT2D eigenvalue weighted by Gasteiger charge is -2.03. The van der Waals surface area contributed by atoms with Gasteiger partial charge >= 0.3 is 5.97 Å². The van der Waals surface area contributed by atoms with Crippen molar-refractivity contribution in [2.45, 2.75) is 6.42 Å². The lowest BCUT2D eigenvalue weighted by Crippen LogP contribution is -2.13. The van der Waals surface area contributed by atoms with Crippen molar-refractivity contribution in [1.82, 2.24) is 0 Å². The standard InChI is InChI=1S/C9H13NO3/c1-12-6-4-8-7(3-5-10-8)9(11)13-2/h3H,4-6H2,1-2H3. The zero-order valence-electron chi connectivity index (χ0n) is 7.87. The topological polar surface area (TPSA) is 47.9 Å². The molecule has 0 atom stereocenters. The molecule has 1 heterocycles. The summed E-state index contributed by atoms with van der Waals surface area (Å²) >= 11 is 0. The van der Waals surface area contributed by atoms with Crippen LogP contribution >= 0.6 is 0 Å². The van der Waals surface area contributed by atoms with Crippen LogP contribution in [-0.2, 0) is 14.3 Å². The Bertz CT molecular complexity index is 256. The SMILES string of the molecule is COCCC1=NCC=C1C(=O)OC. The third kappa shape index (κ3) is 2.39. The normalized spacial score (nSPS) is 15.2. The van der Waals surface area contributed by atoms with E-state index in [-0.39, 0.29) is 5.97 Å². The number of hydrogen-bond acceptors (Lipinski definition) is 4. The summed E-state index contributed by atoms with van der Waals surface area (Å²) < 4.78 is 9.52. The first-order chi connectivity index (χ1) is 6.29. The van der Waals surface area contributed by atoms with Crippen LogP contribution in [0.25, 0.3) is 0 Å². The summed E-state index contributed by atoms with van der Waals surface area (Å²) in [6.45, 7) is 1.15. The number of methoxy groups -OCH3 is 2. The molecule has 0 aromatic carbocycles. The highest BCUT2D eigenvalue weighted by Gasteiger charge is 2.19. The van der Waals surface area contributed by atoms with Crippen molar-refractivity contribution in [3.63, 3.8) is 0 Å². The Balaban J connectivity index is 2.56. The molecule has 0 saturated heterocycles. The summed E-state index contributed by atoms with van der Waals surface area (Å²) in [5.74, 6) is -0.313. The number of nitrogens with zero attached hydrogens (tertiary/aromatic N) is 1. The summed E-state index contributed by atoms with van der Waals surface area (Å²) in [4.78, 5) is 15.3. The minimum absolute atomic E-state index is 0.313. The van der Waals surface area contributed by atoms with Crippen LogP contribution in [-0.4, -0.2) is 39.1 Å². The molecule has 4 heteroatoms. The molecular formula is C9H13NO3. The van der Waals surface area contributed by atoms with Crippen LogP contribution in [0.15, 0.2) is 16.6 Å². The molecule has 13 heavy (non-hydrogen) atoms. The molecule has 4 nitrogen and oxygen atoms in total. The van der Waals surface area contributed by atoms with Crippen LogP contribution in [0.5, 0.6) is 0 Å². The minimum Gasteiger partial charge on any atom is -0.465 e. The van der Waals surface area contributed by atoms with Crippen LogP contribution in [0.3, 0.4) is 0 Å². The van der Waals surface area contributed by atoms with Crippen molar-refractivity contribution in [2.24, 2.45) is 4.99 Å². The van der Waals surface area contributed by atoms with Gasteiger partial charge in [0.25, 0.3) is 0 Å². The Hall–Kier alpha value is -1.16. The van der Waals surface area contributed by atoms with Gasteiger partial charge in [0.05, 0.1) is 31.5 Å². The van der Waals surface area contributed by atoms with Gasteiger partial charge in [0.2, 0.25) is 0 Å². The van der Waals surface area contributed by atoms with E-state index in [1.54, 1.807) is 13.2 Å². The maximum atomic E-state index is 11.2. The molecular weight excluding hydrogens is 170 g/mol. The molecule has 0 radical (unpaired) electrons. The van der Waals surface area contributed by atoms with E-state index in [9.17, 15) is 4.79 Å². The maximum Gasteiger partial charge on any atom is 0.339 e. The third-order valence-electron chi connectivity index (χ3n) is 1.84. The average molecular weight is 183 g/mol. The first kappa shape index (κ1) is 9.92. The maximum absolute atomic E-state index is 11.2. The van der Waals surface area contributed by atoms with Crippen molar-refractivity contribution in [1.29, 1.82) is 0 Å². The van der Waals surface area contributed by atoms with Crippen molar-refractivity contribution < 1.29 is 14.3 Å². The Morgan fingerprint density at radius 1 is 1.62 bits per heavy atom. The van der Waals surface area contributed by atoms with E-state index in [4.69, 9.17) is 4.74 Å². The molecule has 1 rings (SSSR count). The summed E-state index contributed by atoms with van der Waals surface area (Å²) in [6.07, 6.45) is 2.44. The average Bonchev–Trinajstić information content (AvgIpc) is 2.61. The number of rotatable bonds is 4. The van der Waals surface area contributed by atoms with E-state index in [0.717, 1.165) is 5.71 Å². The van der Waals surface area contributed by atoms with Gasteiger partial charge in [0.15, 0.2) is 0 Å². The molecule has 0 aliphatic carbocycles. The van der Waals surface area contributed by atoms with Crippen LogP contribution in [0.1, 0.15) is 6.42 Å². The van der Waals surface area contributed by atoms with E-state index in [1.165, 1.54) is 7.11 Å². The number of carbonyl (C=O) groups excluding carboxylic acids is 1. The fourth-order valence-electron chi connectivity index (χ4n) is 1.17. The summed E-state index contributed by atoms with van der Waals surface area (Å²) in [6, 6.07) is 0. The number of ether oxygens (including phenoxy) is 2. The van der Waals surface area contributed by atoms with Gasteiger partial charge in [-0.25, -0.2) is 4.79 Å². The van der Waals surface area contributed by atoms with E-state index in [2.05, 4.69) is 9.73 Å². The third-order valence-corrected chi connectivity index (χ3v) is 1.84. The van der Waals surface area contributed by atoms with Gasteiger partial charge in [-0.2, -0.15) is 0 Å². The molecule has 1 aliphatic rings. The number of carbonyl (C=O) groups is 1. The molecule has 0 fully saturated rings. The van der Waals surface area contributed by atoms with Gasteiger partial charge in [0.1, 0.15) is 0 Å². The summed E-state index contributed by atoms with van der Waals surface area (Å²) in [5, 5.41) is 0. The molecule has 0 unspecified atom stereocenters. The van der Waals surface area contributed by atoms with E-state index < -0.39 is 0 Å². The molecule has 0 amide bonds. The molecule has 72 valence electrons. The Labute approximate surface area is 77.2 Å². The quantitative estimate of drug-likeness (QED) is 0.599. The lowest BCUT2D eigenvalue weighted by atomic mass is 10.1. The predicted molar refractivity (Wildman–Crippen MR) is 48.9 cm³/mol. The van der Waals surface area contributed by atoms with Crippen molar-refractivity contribution in [2.75, 3.05) is 27.4 Å². The Kier molecular flexibility index (Phi) is 3.64. The molecule has 0 aromatic rings. The van der Waals surface area contributed by atoms with Crippen LogP contribution in [0.2, 0.25) is 0 Å². The predicted octanol–water partition coefficient (Wildman–Crippen LogP) is 0.577. The first-order valence-electron chi connectivity index (χ1n) is 4.10. The zero-order chi connectivity index (χ0) is 9.68. The van der Waals surface area contributed by atoms with Crippen molar-refractivity contribution in [3.05, 3.63) is 11.6 Å². The number of hydrogen-bond donors (Lipinski definition) is 0. The van der Waals surface area contributed by atoms with Crippen molar-refractivity contribution >= 4 is 11.7 Å². The number of esters is 1. The molecule has 0 bridgehead atoms. The second-order valence-corrected chi connectivity index (χ2v) is 2.64.